The molecule has 5 nitrogen and oxygen atoms in total. The minimum atomic E-state index is -0.934. The SMILES string of the molecule is COc1cc2c(cc1OC)[C@H](COc1ccc(F)cc1)N(C(=O)c1c(F)cccc1F)CC2. The van der Waals surface area contributed by atoms with Gasteiger partial charge in [-0.25, -0.2) is 13.2 Å². The molecular weight excluding hydrogens is 435 g/mol. The Morgan fingerprint density at radius 3 is 2.24 bits per heavy atom. The van der Waals surface area contributed by atoms with Crippen LogP contribution in [0.15, 0.2) is 54.6 Å². The lowest BCUT2D eigenvalue weighted by molar-refractivity contribution is 0.0579. The molecule has 172 valence electrons. The number of nitrogens with zero attached hydrogens (tertiary/aromatic N) is 1. The van der Waals surface area contributed by atoms with E-state index >= 15 is 0 Å². The molecule has 0 radical (unpaired) electrons. The van der Waals surface area contributed by atoms with E-state index in [1.165, 1.54) is 49.5 Å². The molecule has 0 fully saturated rings. The maximum Gasteiger partial charge on any atom is 0.260 e. The van der Waals surface area contributed by atoms with Crippen molar-refractivity contribution in [2.45, 2.75) is 12.5 Å². The highest BCUT2D eigenvalue weighted by molar-refractivity contribution is 5.95. The van der Waals surface area contributed by atoms with E-state index in [1.807, 2.05) is 6.07 Å². The fourth-order valence-electron chi connectivity index (χ4n) is 4.00. The minimum Gasteiger partial charge on any atom is -0.493 e. The third-order valence-corrected chi connectivity index (χ3v) is 5.66. The molecule has 1 heterocycles. The van der Waals surface area contributed by atoms with Crippen LogP contribution in [0.5, 0.6) is 17.2 Å². The van der Waals surface area contributed by atoms with Crippen molar-refractivity contribution in [1.29, 1.82) is 0 Å². The molecule has 0 unspecified atom stereocenters. The zero-order chi connectivity index (χ0) is 23.5. The Balaban J connectivity index is 1.74. The molecular formula is C25H22F3NO4. The Morgan fingerprint density at radius 1 is 0.970 bits per heavy atom. The quantitative estimate of drug-likeness (QED) is 0.526. The van der Waals surface area contributed by atoms with Crippen LogP contribution < -0.4 is 14.2 Å². The Bertz CT molecular complexity index is 1150. The molecule has 3 aromatic carbocycles. The molecule has 3 aromatic rings. The summed E-state index contributed by atoms with van der Waals surface area (Å²) in [6, 6.07) is 11.6. The zero-order valence-corrected chi connectivity index (χ0v) is 18.1. The Labute approximate surface area is 189 Å². The molecule has 33 heavy (non-hydrogen) atoms. The van der Waals surface area contributed by atoms with Crippen LogP contribution in [0.25, 0.3) is 0 Å². The predicted octanol–water partition coefficient (Wildman–Crippen LogP) is 4.94. The van der Waals surface area contributed by atoms with Gasteiger partial charge in [0.15, 0.2) is 11.5 Å². The summed E-state index contributed by atoms with van der Waals surface area (Å²) in [6.07, 6.45) is 0.449. The fraction of sp³-hybridized carbons (Fsp3) is 0.240. The van der Waals surface area contributed by atoms with Crippen molar-refractivity contribution in [3.8, 4) is 17.2 Å². The van der Waals surface area contributed by atoms with Gasteiger partial charge >= 0.3 is 0 Å². The first-order chi connectivity index (χ1) is 15.9. The highest BCUT2D eigenvalue weighted by atomic mass is 19.1. The lowest BCUT2D eigenvalue weighted by Gasteiger charge is -2.37. The van der Waals surface area contributed by atoms with Crippen LogP contribution in [0, 0.1) is 17.5 Å². The second kappa shape index (κ2) is 9.44. The molecule has 1 aliphatic rings. The third kappa shape index (κ3) is 4.46. The summed E-state index contributed by atoms with van der Waals surface area (Å²) in [4.78, 5) is 14.7. The number of carbonyl (C=O) groups excluding carboxylic acids is 1. The van der Waals surface area contributed by atoms with E-state index in [0.717, 1.165) is 17.7 Å². The second-order valence-electron chi connectivity index (χ2n) is 7.53. The largest absolute Gasteiger partial charge is 0.493 e. The van der Waals surface area contributed by atoms with Gasteiger partial charge in [-0.3, -0.25) is 4.79 Å². The standard InChI is InChI=1S/C25H22F3NO4/c1-31-22-12-15-10-11-29(25(30)24-19(27)4-3-5-20(24)28)21(18(15)13-23(22)32-2)14-33-17-8-6-16(26)7-9-17/h3-9,12-13,21H,10-11,14H2,1-2H3/t21-/m0/s1. The lowest BCUT2D eigenvalue weighted by atomic mass is 9.91. The number of ether oxygens (including phenoxy) is 3. The highest BCUT2D eigenvalue weighted by Crippen LogP contribution is 2.39. The summed E-state index contributed by atoms with van der Waals surface area (Å²) in [5, 5.41) is 0. The summed E-state index contributed by atoms with van der Waals surface area (Å²) in [5.74, 6) is -1.67. The van der Waals surface area contributed by atoms with E-state index in [2.05, 4.69) is 0 Å². The number of benzene rings is 3. The van der Waals surface area contributed by atoms with E-state index in [-0.39, 0.29) is 13.2 Å². The summed E-state index contributed by atoms with van der Waals surface area (Å²) in [5.41, 5.74) is 0.998. The van der Waals surface area contributed by atoms with Crippen LogP contribution in [0.3, 0.4) is 0 Å². The summed E-state index contributed by atoms with van der Waals surface area (Å²) in [7, 11) is 3.02. The normalized spacial score (nSPS) is 15.1. The van der Waals surface area contributed by atoms with Gasteiger partial charge < -0.3 is 19.1 Å². The lowest BCUT2D eigenvalue weighted by Crippen LogP contribution is -2.43. The van der Waals surface area contributed by atoms with Gasteiger partial charge in [0.25, 0.3) is 5.91 Å². The van der Waals surface area contributed by atoms with Crippen LogP contribution in [-0.4, -0.2) is 38.2 Å². The van der Waals surface area contributed by atoms with E-state index < -0.39 is 35.0 Å². The van der Waals surface area contributed by atoms with Gasteiger partial charge in [-0.05, 0) is 66.1 Å². The summed E-state index contributed by atoms with van der Waals surface area (Å²) < 4.78 is 58.7. The molecule has 8 heteroatoms. The molecule has 4 rings (SSSR count). The molecule has 0 bridgehead atoms. The minimum absolute atomic E-state index is 0.0179. The first-order valence-corrected chi connectivity index (χ1v) is 10.3. The molecule has 0 aliphatic carbocycles. The number of hydrogen-bond acceptors (Lipinski definition) is 4. The van der Waals surface area contributed by atoms with Crippen LogP contribution in [0.4, 0.5) is 13.2 Å². The monoisotopic (exact) mass is 457 g/mol. The van der Waals surface area contributed by atoms with Crippen molar-refractivity contribution in [3.63, 3.8) is 0 Å². The third-order valence-electron chi connectivity index (χ3n) is 5.66. The number of rotatable bonds is 6. The van der Waals surface area contributed by atoms with E-state index in [1.54, 1.807) is 6.07 Å². The number of carbonyl (C=O) groups is 1. The van der Waals surface area contributed by atoms with Crippen molar-refractivity contribution < 1.29 is 32.2 Å². The van der Waals surface area contributed by atoms with E-state index in [4.69, 9.17) is 14.2 Å². The number of fused-ring (bicyclic) bond motifs is 1. The van der Waals surface area contributed by atoms with Gasteiger partial charge in [0.1, 0.15) is 35.4 Å². The first-order valence-electron chi connectivity index (χ1n) is 10.3. The Hall–Kier alpha value is -3.68. The molecule has 0 spiro atoms. The van der Waals surface area contributed by atoms with Crippen LogP contribution in [0.1, 0.15) is 27.5 Å². The first kappa shape index (κ1) is 22.5. The Kier molecular flexibility index (Phi) is 6.44. The topological polar surface area (TPSA) is 48.0 Å². The van der Waals surface area contributed by atoms with Crippen molar-refractivity contribution in [1.82, 2.24) is 4.90 Å². The smallest absolute Gasteiger partial charge is 0.260 e. The molecule has 0 N–H and O–H groups in total. The van der Waals surface area contributed by atoms with E-state index in [9.17, 15) is 18.0 Å². The molecule has 0 saturated heterocycles. The fourth-order valence-corrected chi connectivity index (χ4v) is 4.00. The van der Waals surface area contributed by atoms with Gasteiger partial charge in [-0.2, -0.15) is 0 Å². The average molecular weight is 457 g/mol. The Morgan fingerprint density at radius 2 is 1.61 bits per heavy atom. The van der Waals surface area contributed by atoms with Gasteiger partial charge in [-0.1, -0.05) is 6.07 Å². The number of hydrogen-bond donors (Lipinski definition) is 0. The van der Waals surface area contributed by atoms with Crippen molar-refractivity contribution in [2.75, 3.05) is 27.4 Å². The molecule has 0 saturated carbocycles. The average Bonchev–Trinajstić information content (AvgIpc) is 2.82. The van der Waals surface area contributed by atoms with Crippen LogP contribution in [0.2, 0.25) is 0 Å². The van der Waals surface area contributed by atoms with Gasteiger partial charge in [0.05, 0.1) is 20.3 Å². The molecule has 1 amide bonds. The van der Waals surface area contributed by atoms with Gasteiger partial charge in [0.2, 0.25) is 0 Å². The molecule has 1 aliphatic heterocycles. The van der Waals surface area contributed by atoms with Gasteiger partial charge in [-0.15, -0.1) is 0 Å². The summed E-state index contributed by atoms with van der Waals surface area (Å²) >= 11 is 0. The van der Waals surface area contributed by atoms with E-state index in [0.29, 0.717) is 29.2 Å². The van der Waals surface area contributed by atoms with Crippen molar-refractivity contribution in [3.05, 3.63) is 88.7 Å². The van der Waals surface area contributed by atoms with Crippen molar-refractivity contribution >= 4 is 5.91 Å². The zero-order valence-electron chi connectivity index (χ0n) is 18.1. The second-order valence-corrected chi connectivity index (χ2v) is 7.53. The van der Waals surface area contributed by atoms with Crippen LogP contribution in [-0.2, 0) is 6.42 Å². The number of halogens is 3. The molecule has 1 atom stereocenters. The highest BCUT2D eigenvalue weighted by Gasteiger charge is 2.35. The predicted molar refractivity (Wildman–Crippen MR) is 115 cm³/mol. The maximum absolute atomic E-state index is 14.4. The number of amides is 1. The number of methoxy groups -OCH3 is 2. The van der Waals surface area contributed by atoms with Crippen LogP contribution >= 0.6 is 0 Å². The molecule has 0 aromatic heterocycles. The van der Waals surface area contributed by atoms with Gasteiger partial charge in [0, 0.05) is 6.54 Å². The maximum atomic E-state index is 14.4. The van der Waals surface area contributed by atoms with Crippen molar-refractivity contribution in [2.24, 2.45) is 0 Å². The summed E-state index contributed by atoms with van der Waals surface area (Å²) in [6.45, 7) is 0.197.